The molecule has 0 fully saturated rings. The minimum Gasteiger partial charge on any atom is -0.496 e. The highest BCUT2D eigenvalue weighted by molar-refractivity contribution is 9.10. The molecule has 2 aromatic carbocycles. The molecule has 6 heteroatoms. The minimum absolute atomic E-state index is 0.0113. The van der Waals surface area contributed by atoms with Crippen molar-refractivity contribution in [3.8, 4) is 17.2 Å². The van der Waals surface area contributed by atoms with Crippen LogP contribution in [-0.2, 0) is 16.1 Å². The number of ether oxygens (including phenoxy) is 4. The van der Waals surface area contributed by atoms with Crippen LogP contribution in [-0.4, -0.2) is 26.3 Å². The molecule has 130 valence electrons. The number of carbonyl (C=O) groups is 1. The molecule has 0 aromatic heterocycles. The monoisotopic (exact) mass is 396 g/mol. The summed E-state index contributed by atoms with van der Waals surface area (Å²) in [5.74, 6) is 1.65. The number of carbonyl (C=O) groups excluding carboxylic acids is 1. The van der Waals surface area contributed by atoms with Crippen LogP contribution in [0.5, 0.6) is 17.2 Å². The Balaban J connectivity index is 2.72. The Hall–Kier alpha value is -1.95. The molecule has 0 aliphatic heterocycles. The lowest BCUT2D eigenvalue weighted by Crippen LogP contribution is -2.07. The predicted molar refractivity (Wildman–Crippen MR) is 96.0 cm³/mol. The van der Waals surface area contributed by atoms with Gasteiger partial charge in [-0.15, -0.1) is 0 Å². The number of rotatable bonds is 6. The van der Waals surface area contributed by atoms with Crippen molar-refractivity contribution in [2.24, 2.45) is 0 Å². The quantitative estimate of drug-likeness (QED) is 0.674. The average molecular weight is 397 g/mol. The van der Waals surface area contributed by atoms with Crippen molar-refractivity contribution in [2.45, 2.75) is 33.5 Å². The molecule has 0 amide bonds. The second kappa shape index (κ2) is 7.75. The SMILES string of the molecule is COc1cc(OC)c2c(OC(C)C)cc(COC(C)=O)cc2c1Br. The lowest BCUT2D eigenvalue weighted by molar-refractivity contribution is -0.142. The summed E-state index contributed by atoms with van der Waals surface area (Å²) in [5, 5.41) is 1.71. The summed E-state index contributed by atoms with van der Waals surface area (Å²) in [6.07, 6.45) is -0.0113. The van der Waals surface area contributed by atoms with Gasteiger partial charge in [-0.05, 0) is 47.5 Å². The number of fused-ring (bicyclic) bond motifs is 1. The Morgan fingerprint density at radius 2 is 1.75 bits per heavy atom. The first-order chi connectivity index (χ1) is 11.4. The van der Waals surface area contributed by atoms with E-state index in [1.54, 1.807) is 14.2 Å². The van der Waals surface area contributed by atoms with E-state index in [-0.39, 0.29) is 18.7 Å². The molecule has 0 saturated carbocycles. The first-order valence-corrected chi connectivity index (χ1v) is 8.33. The van der Waals surface area contributed by atoms with Gasteiger partial charge >= 0.3 is 5.97 Å². The largest absolute Gasteiger partial charge is 0.496 e. The molecule has 2 rings (SSSR count). The zero-order valence-electron chi connectivity index (χ0n) is 14.4. The van der Waals surface area contributed by atoms with Crippen LogP contribution >= 0.6 is 15.9 Å². The van der Waals surface area contributed by atoms with E-state index in [0.29, 0.717) is 17.2 Å². The number of methoxy groups -OCH3 is 2. The third kappa shape index (κ3) is 3.93. The summed E-state index contributed by atoms with van der Waals surface area (Å²) in [5.41, 5.74) is 0.823. The lowest BCUT2D eigenvalue weighted by Gasteiger charge is -2.18. The van der Waals surface area contributed by atoms with Crippen molar-refractivity contribution in [1.29, 1.82) is 0 Å². The van der Waals surface area contributed by atoms with E-state index in [1.165, 1.54) is 6.92 Å². The van der Waals surface area contributed by atoms with Crippen molar-refractivity contribution >= 4 is 32.7 Å². The standard InChI is InChI=1S/C18H21BrO5/c1-10(2)24-15-7-12(9-23-11(3)20)6-13-17(15)14(21-4)8-16(22-5)18(13)19/h6-8,10H,9H2,1-5H3. The molecule has 2 aromatic rings. The van der Waals surface area contributed by atoms with E-state index < -0.39 is 0 Å². The lowest BCUT2D eigenvalue weighted by atomic mass is 10.0. The summed E-state index contributed by atoms with van der Waals surface area (Å²) in [7, 11) is 3.20. The van der Waals surface area contributed by atoms with Crippen LogP contribution < -0.4 is 14.2 Å². The van der Waals surface area contributed by atoms with E-state index >= 15 is 0 Å². The molecule has 0 radical (unpaired) electrons. The van der Waals surface area contributed by atoms with Gasteiger partial charge in [0, 0.05) is 18.4 Å². The van der Waals surface area contributed by atoms with E-state index in [2.05, 4.69) is 15.9 Å². The van der Waals surface area contributed by atoms with Crippen molar-refractivity contribution in [2.75, 3.05) is 14.2 Å². The summed E-state index contributed by atoms with van der Waals surface area (Å²) >= 11 is 3.58. The highest BCUT2D eigenvalue weighted by Gasteiger charge is 2.18. The highest BCUT2D eigenvalue weighted by Crippen LogP contribution is 2.44. The maximum atomic E-state index is 11.1. The number of hydrogen-bond donors (Lipinski definition) is 0. The second-order valence-corrected chi connectivity index (χ2v) is 6.35. The van der Waals surface area contributed by atoms with Crippen LogP contribution in [0.3, 0.4) is 0 Å². The third-order valence-electron chi connectivity index (χ3n) is 3.37. The van der Waals surface area contributed by atoms with Crippen molar-refractivity contribution in [1.82, 2.24) is 0 Å². The van der Waals surface area contributed by atoms with Gasteiger partial charge in [-0.3, -0.25) is 4.79 Å². The fraction of sp³-hybridized carbons (Fsp3) is 0.389. The van der Waals surface area contributed by atoms with Crippen LogP contribution in [0.2, 0.25) is 0 Å². The number of benzene rings is 2. The molecular weight excluding hydrogens is 376 g/mol. The number of halogens is 1. The van der Waals surface area contributed by atoms with Gasteiger partial charge in [0.15, 0.2) is 0 Å². The summed E-state index contributed by atoms with van der Waals surface area (Å²) in [6.45, 7) is 5.46. The highest BCUT2D eigenvalue weighted by atomic mass is 79.9. The number of hydrogen-bond acceptors (Lipinski definition) is 5. The maximum Gasteiger partial charge on any atom is 0.302 e. The molecule has 0 atom stereocenters. The molecule has 0 unspecified atom stereocenters. The van der Waals surface area contributed by atoms with Gasteiger partial charge in [-0.2, -0.15) is 0 Å². The van der Waals surface area contributed by atoms with E-state index in [9.17, 15) is 4.79 Å². The zero-order chi connectivity index (χ0) is 17.9. The van der Waals surface area contributed by atoms with Crippen LogP contribution in [0, 0.1) is 0 Å². The topological polar surface area (TPSA) is 54.0 Å². The van der Waals surface area contributed by atoms with Crippen LogP contribution in [0.1, 0.15) is 26.3 Å². The van der Waals surface area contributed by atoms with E-state index in [4.69, 9.17) is 18.9 Å². The first kappa shape index (κ1) is 18.4. The summed E-state index contributed by atoms with van der Waals surface area (Å²) in [6, 6.07) is 5.61. The summed E-state index contributed by atoms with van der Waals surface area (Å²) in [4.78, 5) is 11.1. The fourth-order valence-corrected chi connectivity index (χ4v) is 3.00. The Kier molecular flexibility index (Phi) is 5.94. The number of esters is 1. The summed E-state index contributed by atoms with van der Waals surface area (Å²) < 4.78 is 22.8. The molecule has 0 heterocycles. The van der Waals surface area contributed by atoms with Crippen LogP contribution in [0.25, 0.3) is 10.8 Å². The molecular formula is C18H21BrO5. The Bertz CT molecular complexity index is 755. The van der Waals surface area contributed by atoms with Gasteiger partial charge in [0.2, 0.25) is 0 Å². The van der Waals surface area contributed by atoms with E-state index in [1.807, 2.05) is 32.0 Å². The molecule has 24 heavy (non-hydrogen) atoms. The average Bonchev–Trinajstić information content (AvgIpc) is 2.53. The smallest absolute Gasteiger partial charge is 0.302 e. The fourth-order valence-electron chi connectivity index (χ4n) is 2.41. The Morgan fingerprint density at radius 3 is 2.29 bits per heavy atom. The van der Waals surface area contributed by atoms with Gasteiger partial charge in [0.1, 0.15) is 23.9 Å². The van der Waals surface area contributed by atoms with Gasteiger partial charge in [0.25, 0.3) is 0 Å². The van der Waals surface area contributed by atoms with Crippen molar-refractivity contribution < 1.29 is 23.7 Å². The van der Waals surface area contributed by atoms with Crippen molar-refractivity contribution in [3.63, 3.8) is 0 Å². The first-order valence-electron chi connectivity index (χ1n) is 7.54. The van der Waals surface area contributed by atoms with Crippen LogP contribution in [0.15, 0.2) is 22.7 Å². The molecule has 0 bridgehead atoms. The van der Waals surface area contributed by atoms with Gasteiger partial charge < -0.3 is 18.9 Å². The molecule has 0 aliphatic rings. The Labute approximate surface area is 150 Å². The normalized spacial score (nSPS) is 10.8. The van der Waals surface area contributed by atoms with E-state index in [0.717, 1.165) is 20.8 Å². The molecule has 0 spiro atoms. The second-order valence-electron chi connectivity index (χ2n) is 5.56. The predicted octanol–water partition coefficient (Wildman–Crippen LogP) is 4.47. The van der Waals surface area contributed by atoms with Gasteiger partial charge in [-0.1, -0.05) is 0 Å². The maximum absolute atomic E-state index is 11.1. The molecule has 0 N–H and O–H groups in total. The zero-order valence-corrected chi connectivity index (χ0v) is 16.0. The minimum atomic E-state index is -0.330. The van der Waals surface area contributed by atoms with Crippen molar-refractivity contribution in [3.05, 3.63) is 28.2 Å². The van der Waals surface area contributed by atoms with Gasteiger partial charge in [0.05, 0.1) is 30.2 Å². The molecule has 0 aliphatic carbocycles. The Morgan fingerprint density at radius 1 is 1.08 bits per heavy atom. The third-order valence-corrected chi connectivity index (χ3v) is 4.19. The van der Waals surface area contributed by atoms with Crippen LogP contribution in [0.4, 0.5) is 0 Å². The molecule has 0 saturated heterocycles. The molecule has 5 nitrogen and oxygen atoms in total. The van der Waals surface area contributed by atoms with Gasteiger partial charge in [-0.25, -0.2) is 0 Å².